The zero-order valence-electron chi connectivity index (χ0n) is 18.2. The van der Waals surface area contributed by atoms with Gasteiger partial charge in [0.25, 0.3) is 0 Å². The van der Waals surface area contributed by atoms with Gasteiger partial charge in [-0.2, -0.15) is 0 Å². The van der Waals surface area contributed by atoms with E-state index in [9.17, 15) is 24.9 Å². The molecule has 0 saturated heterocycles. The minimum absolute atomic E-state index is 0.0265. The molecule has 0 heterocycles. The monoisotopic (exact) mass is 435 g/mol. The van der Waals surface area contributed by atoms with E-state index in [2.05, 4.69) is 12.1 Å². The van der Waals surface area contributed by atoms with Crippen molar-refractivity contribution in [3.63, 3.8) is 0 Å². The first-order chi connectivity index (χ1) is 14.6. The zero-order valence-corrected chi connectivity index (χ0v) is 18.2. The molecule has 0 unspecified atom stereocenters. The average molecular weight is 436 g/mol. The van der Waals surface area contributed by atoms with Crippen molar-refractivity contribution in [1.29, 1.82) is 0 Å². The Kier molecular flexibility index (Phi) is 5.55. The Morgan fingerprint density at radius 3 is 2.65 bits per heavy atom. The Balaban J connectivity index is 1.62. The summed E-state index contributed by atoms with van der Waals surface area (Å²) in [5.41, 5.74) is -0.594. The Labute approximate surface area is 182 Å². The zero-order chi connectivity index (χ0) is 22.6. The first-order valence-corrected chi connectivity index (χ1v) is 11.2. The van der Waals surface area contributed by atoms with Gasteiger partial charge in [0.2, 0.25) is 6.61 Å². The van der Waals surface area contributed by atoms with E-state index < -0.39 is 42.1 Å². The molecule has 7 atom stereocenters. The van der Waals surface area contributed by atoms with Gasteiger partial charge in [-0.25, -0.2) is 4.79 Å². The molecule has 4 aliphatic rings. The van der Waals surface area contributed by atoms with E-state index in [1.165, 1.54) is 5.57 Å². The smallest absolute Gasteiger partial charge is 0.344 e. The van der Waals surface area contributed by atoms with Gasteiger partial charge in [-0.3, -0.25) is 4.79 Å². The fourth-order valence-electron chi connectivity index (χ4n) is 7.54. The maximum absolute atomic E-state index is 12.5. The lowest BCUT2D eigenvalue weighted by Gasteiger charge is -2.60. The number of aliphatic hydroxyl groups is 3. The van der Waals surface area contributed by atoms with Crippen molar-refractivity contribution in [3.8, 4) is 0 Å². The fourth-order valence-corrected chi connectivity index (χ4v) is 7.54. The maximum Gasteiger partial charge on any atom is 0.344 e. The van der Waals surface area contributed by atoms with Crippen LogP contribution < -0.4 is 0 Å². The largest absolute Gasteiger partial charge is 0.479 e. The van der Waals surface area contributed by atoms with E-state index in [1.807, 2.05) is 13.0 Å². The molecule has 0 radical (unpaired) electrons. The minimum atomic E-state index is -1.58. The van der Waals surface area contributed by atoms with E-state index in [0.29, 0.717) is 19.3 Å². The maximum atomic E-state index is 12.5. The molecule has 0 spiro atoms. The molecular weight excluding hydrogens is 402 g/mol. The van der Waals surface area contributed by atoms with Gasteiger partial charge in [0.05, 0.1) is 11.8 Å². The Hall–Kier alpha value is -1.77. The van der Waals surface area contributed by atoms with Gasteiger partial charge < -0.3 is 25.3 Å². The summed E-state index contributed by atoms with van der Waals surface area (Å²) in [6, 6.07) is 0. The van der Waals surface area contributed by atoms with Crippen molar-refractivity contribution >= 4 is 17.5 Å². The number of Topliss-reactive ketones (excluding diaryl/α,β-unsaturated/α-hetero) is 1. The summed E-state index contributed by atoms with van der Waals surface area (Å²) >= 11 is 0. The van der Waals surface area contributed by atoms with E-state index in [4.69, 9.17) is 9.94 Å². The SMILES string of the molecule is C[C@]12CC/C(=N\OCC(=O)O)C=C1CC[C@@H]1[C@H]2[C@@H](O)C[C@@]2(C)[C@H]1CC[C@]2(O)C(=O)CO. The third kappa shape index (κ3) is 3.26. The van der Waals surface area contributed by atoms with Crippen LogP contribution in [0.4, 0.5) is 0 Å². The number of hydrogen-bond donors (Lipinski definition) is 4. The van der Waals surface area contributed by atoms with Gasteiger partial charge in [0.1, 0.15) is 12.2 Å². The van der Waals surface area contributed by atoms with Gasteiger partial charge >= 0.3 is 5.97 Å². The third-order valence-electron chi connectivity index (χ3n) is 9.04. The molecule has 8 heteroatoms. The molecule has 0 aromatic rings. The lowest BCUT2D eigenvalue weighted by atomic mass is 9.45. The third-order valence-corrected chi connectivity index (χ3v) is 9.04. The summed E-state index contributed by atoms with van der Waals surface area (Å²) in [7, 11) is 0. The molecule has 4 rings (SSSR count). The van der Waals surface area contributed by atoms with Crippen LogP contribution in [0.25, 0.3) is 0 Å². The van der Waals surface area contributed by atoms with Crippen molar-refractivity contribution in [2.45, 2.75) is 70.5 Å². The van der Waals surface area contributed by atoms with Crippen molar-refractivity contribution in [3.05, 3.63) is 11.6 Å². The van der Waals surface area contributed by atoms with Crippen LogP contribution in [0.15, 0.2) is 16.8 Å². The second-order valence-corrected chi connectivity index (χ2v) is 10.3. The summed E-state index contributed by atoms with van der Waals surface area (Å²) in [4.78, 5) is 28.0. The highest BCUT2D eigenvalue weighted by Crippen LogP contribution is 2.67. The van der Waals surface area contributed by atoms with Crippen LogP contribution in [-0.2, 0) is 14.4 Å². The topological polar surface area (TPSA) is 137 Å². The number of nitrogens with zero attached hydrogens (tertiary/aromatic N) is 1. The number of carbonyl (C=O) groups excluding carboxylic acids is 1. The minimum Gasteiger partial charge on any atom is -0.479 e. The van der Waals surface area contributed by atoms with Crippen LogP contribution in [0.2, 0.25) is 0 Å². The summed E-state index contributed by atoms with van der Waals surface area (Å²) < 4.78 is 0. The summed E-state index contributed by atoms with van der Waals surface area (Å²) in [6.07, 6.45) is 5.86. The standard InChI is InChI=1S/C23H33NO7/c1-21-7-5-14(24-31-12-19(28)29)9-13(21)3-4-15-16-6-8-23(30,18(27)11-25)22(16,2)10-17(26)20(15)21/h9,15-17,20,25-26,30H,3-8,10-12H2,1-2H3,(H,28,29)/b24-14+/t15-,16-,17-,20-,21-,22-,23-/m0/s1. The van der Waals surface area contributed by atoms with Crippen LogP contribution >= 0.6 is 0 Å². The summed E-state index contributed by atoms with van der Waals surface area (Å²) in [5, 5.41) is 44.8. The van der Waals surface area contributed by atoms with Crippen molar-refractivity contribution < 1.29 is 34.9 Å². The van der Waals surface area contributed by atoms with Crippen molar-refractivity contribution in [1.82, 2.24) is 0 Å². The molecule has 0 aromatic heterocycles. The quantitative estimate of drug-likeness (QED) is 0.482. The lowest BCUT2D eigenvalue weighted by molar-refractivity contribution is -0.181. The molecule has 4 aliphatic carbocycles. The molecule has 3 saturated carbocycles. The molecule has 172 valence electrons. The number of hydrogen-bond acceptors (Lipinski definition) is 7. The second-order valence-electron chi connectivity index (χ2n) is 10.3. The average Bonchev–Trinajstić information content (AvgIpc) is 2.98. The van der Waals surface area contributed by atoms with Gasteiger partial charge in [-0.1, -0.05) is 24.6 Å². The number of carboxylic acids is 1. The van der Waals surface area contributed by atoms with E-state index >= 15 is 0 Å². The van der Waals surface area contributed by atoms with Crippen LogP contribution in [0.1, 0.15) is 58.8 Å². The Bertz CT molecular complexity index is 838. The van der Waals surface area contributed by atoms with E-state index in [1.54, 1.807) is 0 Å². The highest BCUT2D eigenvalue weighted by atomic mass is 16.6. The molecule has 0 aromatic carbocycles. The van der Waals surface area contributed by atoms with Gasteiger partial charge in [0.15, 0.2) is 5.78 Å². The molecule has 4 N–H and O–H groups in total. The fraction of sp³-hybridized carbons (Fsp3) is 0.783. The number of allylic oxidation sites excluding steroid dienone is 2. The van der Waals surface area contributed by atoms with Crippen LogP contribution in [0.5, 0.6) is 0 Å². The van der Waals surface area contributed by atoms with Crippen LogP contribution in [0, 0.1) is 28.6 Å². The number of fused-ring (bicyclic) bond motifs is 5. The number of oxime groups is 1. The van der Waals surface area contributed by atoms with Crippen LogP contribution in [0.3, 0.4) is 0 Å². The van der Waals surface area contributed by atoms with Gasteiger partial charge in [-0.15, -0.1) is 0 Å². The summed E-state index contributed by atoms with van der Waals surface area (Å²) in [5.74, 6) is -1.26. The molecule has 0 amide bonds. The van der Waals surface area contributed by atoms with Crippen molar-refractivity contribution in [2.75, 3.05) is 13.2 Å². The number of aliphatic hydroxyl groups excluding tert-OH is 2. The Morgan fingerprint density at radius 2 is 1.97 bits per heavy atom. The molecule has 3 fully saturated rings. The first-order valence-electron chi connectivity index (χ1n) is 11.2. The predicted molar refractivity (Wildman–Crippen MR) is 111 cm³/mol. The molecular formula is C23H33NO7. The molecule has 0 aliphatic heterocycles. The number of rotatable bonds is 5. The van der Waals surface area contributed by atoms with Gasteiger partial charge in [-0.05, 0) is 74.2 Å². The predicted octanol–water partition coefficient (Wildman–Crippen LogP) is 1.67. The van der Waals surface area contributed by atoms with E-state index in [-0.39, 0.29) is 23.2 Å². The lowest BCUT2D eigenvalue weighted by Crippen LogP contribution is -2.62. The number of ketones is 1. The highest BCUT2D eigenvalue weighted by Gasteiger charge is 2.68. The first kappa shape index (κ1) is 22.4. The molecule has 8 nitrogen and oxygen atoms in total. The number of aliphatic carboxylic acids is 1. The van der Waals surface area contributed by atoms with E-state index in [0.717, 1.165) is 31.4 Å². The van der Waals surface area contributed by atoms with Gasteiger partial charge in [0, 0.05) is 5.41 Å². The summed E-state index contributed by atoms with van der Waals surface area (Å²) in [6.45, 7) is 2.95. The number of carboxylic acid groups (broad SMARTS) is 1. The molecule has 31 heavy (non-hydrogen) atoms. The van der Waals surface area contributed by atoms with Crippen LogP contribution in [-0.4, -0.2) is 62.8 Å². The normalized spacial score (nSPS) is 45.3. The Morgan fingerprint density at radius 1 is 1.23 bits per heavy atom. The second kappa shape index (κ2) is 7.67. The number of carbonyl (C=O) groups is 2. The van der Waals surface area contributed by atoms with Crippen molar-refractivity contribution in [2.24, 2.45) is 33.7 Å². The molecule has 0 bridgehead atoms. The highest BCUT2D eigenvalue weighted by molar-refractivity contribution is 5.96.